The van der Waals surface area contributed by atoms with E-state index in [9.17, 15) is 0 Å². The summed E-state index contributed by atoms with van der Waals surface area (Å²) in [5.41, 5.74) is 0. The minimum absolute atomic E-state index is 0.151. The molecule has 0 rings (SSSR count). The third kappa shape index (κ3) is 18.2. The van der Waals surface area contributed by atoms with Crippen molar-refractivity contribution in [2.24, 2.45) is 5.40 Å². The maximum absolute atomic E-state index is 5.63. The van der Waals surface area contributed by atoms with Crippen LogP contribution < -0.4 is 5.40 Å². The molecule has 0 fully saturated rings. The van der Waals surface area contributed by atoms with Gasteiger partial charge in [0, 0.05) is 0 Å². The molecule has 0 aliphatic carbocycles. The van der Waals surface area contributed by atoms with Crippen LogP contribution in [0.3, 0.4) is 0 Å². The Labute approximate surface area is 131 Å². The van der Waals surface area contributed by atoms with Gasteiger partial charge < -0.3 is 5.40 Å². The lowest BCUT2D eigenvalue weighted by Crippen LogP contribution is -2.02. The number of unbranched alkanes of at least 4 members (excludes halogenated alkanes) is 15. The molecule has 0 unspecified atom stereocenters. The van der Waals surface area contributed by atoms with E-state index >= 15 is 0 Å². The lowest BCUT2D eigenvalue weighted by molar-refractivity contribution is 0.531. The van der Waals surface area contributed by atoms with E-state index in [0.717, 1.165) is 0 Å². The lowest BCUT2D eigenvalue weighted by atomic mass is 10.0. The second-order valence-corrected chi connectivity index (χ2v) is 7.73. The Bertz CT molecular complexity index is 143. The van der Waals surface area contributed by atoms with Crippen LogP contribution in [0.2, 0.25) is 6.04 Å². The molecule has 0 aromatic rings. The Morgan fingerprint density at radius 3 is 1.10 bits per heavy atom. The Morgan fingerprint density at radius 1 is 0.500 bits per heavy atom. The van der Waals surface area contributed by atoms with Gasteiger partial charge in [-0.25, -0.2) is 0 Å². The molecule has 2 heteroatoms. The predicted molar refractivity (Wildman–Crippen MR) is 97.1 cm³/mol. The van der Waals surface area contributed by atoms with Crippen LogP contribution in [0, 0.1) is 0 Å². The predicted octanol–water partition coefficient (Wildman–Crippen LogP) is 5.71. The first-order chi connectivity index (χ1) is 9.91. The van der Waals surface area contributed by atoms with Crippen molar-refractivity contribution in [3.63, 3.8) is 0 Å². The van der Waals surface area contributed by atoms with Crippen molar-refractivity contribution in [1.29, 1.82) is 0 Å². The van der Waals surface area contributed by atoms with Crippen molar-refractivity contribution < 1.29 is 0 Å². The smallest absolute Gasteiger partial charge is 0.0887 e. The Balaban J connectivity index is 2.89. The summed E-state index contributed by atoms with van der Waals surface area (Å²) in [5, 5.41) is 5.63. The summed E-state index contributed by atoms with van der Waals surface area (Å²) in [4.78, 5) is 0. The molecule has 2 N–H and O–H groups in total. The zero-order valence-corrected chi connectivity index (χ0v) is 15.7. The molecule has 1 nitrogen and oxygen atoms in total. The minimum Gasteiger partial charge on any atom is -0.356 e. The van der Waals surface area contributed by atoms with Gasteiger partial charge in [-0.05, 0) is 0 Å². The fraction of sp³-hybridized carbons (Fsp3) is 1.00. The number of nitrogens with two attached hydrogens (primary N) is 1. The second kappa shape index (κ2) is 19.2. The van der Waals surface area contributed by atoms with Gasteiger partial charge in [0.05, 0.1) is 9.68 Å². The highest BCUT2D eigenvalue weighted by atomic mass is 28.2. The normalized spacial score (nSPS) is 11.7. The molecule has 122 valence electrons. The van der Waals surface area contributed by atoms with Crippen molar-refractivity contribution in [2.75, 3.05) is 0 Å². The molecule has 0 amide bonds. The van der Waals surface area contributed by atoms with Crippen LogP contribution >= 0.6 is 0 Å². The molecule has 0 aliphatic heterocycles. The molecule has 0 saturated carbocycles. The summed E-state index contributed by atoms with van der Waals surface area (Å²) in [6.07, 6.45) is 23.3. The fourth-order valence-electron chi connectivity index (χ4n) is 2.87. The standard InChI is InChI=1S/C18H41NSi/c1-2-3-4-5-6-7-8-9-10-11-12-13-14-15-16-17-18-20-19/h2-20H2,1H3. The highest BCUT2D eigenvalue weighted by molar-refractivity contribution is 6.30. The molecule has 0 spiro atoms. The summed E-state index contributed by atoms with van der Waals surface area (Å²) in [6, 6.07) is 1.36. The molecule has 0 bridgehead atoms. The quantitative estimate of drug-likeness (QED) is 0.270. The van der Waals surface area contributed by atoms with Gasteiger partial charge in [-0.3, -0.25) is 0 Å². The van der Waals surface area contributed by atoms with Crippen molar-refractivity contribution >= 4 is 9.68 Å². The van der Waals surface area contributed by atoms with Crippen molar-refractivity contribution in [3.8, 4) is 0 Å². The Kier molecular flexibility index (Phi) is 19.3. The van der Waals surface area contributed by atoms with Gasteiger partial charge in [-0.2, -0.15) is 0 Å². The molecular formula is C18H41NSi. The fourth-order valence-corrected chi connectivity index (χ4v) is 3.51. The monoisotopic (exact) mass is 299 g/mol. The van der Waals surface area contributed by atoms with Gasteiger partial charge in [0.15, 0.2) is 0 Å². The van der Waals surface area contributed by atoms with Gasteiger partial charge >= 0.3 is 0 Å². The summed E-state index contributed by atoms with van der Waals surface area (Å²) in [7, 11) is -0.151. The molecule has 0 aromatic heterocycles. The van der Waals surface area contributed by atoms with E-state index in [1.807, 2.05) is 0 Å². The molecule has 0 saturated heterocycles. The zero-order chi connectivity index (χ0) is 14.7. The SMILES string of the molecule is CCCCCCCCCCCCCCCCCC[SiH2]N. The van der Waals surface area contributed by atoms with E-state index in [4.69, 9.17) is 5.40 Å². The van der Waals surface area contributed by atoms with Crippen molar-refractivity contribution in [3.05, 3.63) is 0 Å². The topological polar surface area (TPSA) is 26.0 Å². The average molecular weight is 300 g/mol. The van der Waals surface area contributed by atoms with Gasteiger partial charge in [-0.15, -0.1) is 0 Å². The molecule has 0 aliphatic rings. The third-order valence-electron chi connectivity index (χ3n) is 4.31. The number of hydrogen-bond donors (Lipinski definition) is 1. The maximum atomic E-state index is 5.63. The van der Waals surface area contributed by atoms with Gasteiger partial charge in [0.2, 0.25) is 0 Å². The molecule has 20 heavy (non-hydrogen) atoms. The van der Waals surface area contributed by atoms with Crippen LogP contribution in [0.25, 0.3) is 0 Å². The lowest BCUT2D eigenvalue weighted by Gasteiger charge is -2.03. The number of hydrogen-bond acceptors (Lipinski definition) is 1. The molecule has 0 radical (unpaired) electrons. The third-order valence-corrected chi connectivity index (χ3v) is 5.22. The molecule has 0 aromatic carbocycles. The van der Waals surface area contributed by atoms with Crippen LogP contribution in [0.1, 0.15) is 110 Å². The average Bonchev–Trinajstić information content (AvgIpc) is 2.47. The van der Waals surface area contributed by atoms with Crippen LogP contribution in [0.15, 0.2) is 0 Å². The van der Waals surface area contributed by atoms with Gasteiger partial charge in [-0.1, -0.05) is 116 Å². The van der Waals surface area contributed by atoms with E-state index in [2.05, 4.69) is 6.92 Å². The maximum Gasteiger partial charge on any atom is 0.0887 e. The van der Waals surface area contributed by atoms with Crippen LogP contribution in [0.4, 0.5) is 0 Å². The van der Waals surface area contributed by atoms with Crippen molar-refractivity contribution in [2.45, 2.75) is 116 Å². The highest BCUT2D eigenvalue weighted by Crippen LogP contribution is 2.13. The first-order valence-corrected chi connectivity index (χ1v) is 11.4. The molecular weight excluding hydrogens is 258 g/mol. The van der Waals surface area contributed by atoms with E-state index in [-0.39, 0.29) is 9.68 Å². The van der Waals surface area contributed by atoms with Crippen LogP contribution in [0.5, 0.6) is 0 Å². The van der Waals surface area contributed by atoms with E-state index < -0.39 is 0 Å². The van der Waals surface area contributed by atoms with Crippen molar-refractivity contribution in [1.82, 2.24) is 0 Å². The van der Waals surface area contributed by atoms with E-state index in [1.54, 1.807) is 0 Å². The first kappa shape index (κ1) is 20.2. The second-order valence-electron chi connectivity index (χ2n) is 6.45. The highest BCUT2D eigenvalue weighted by Gasteiger charge is 1.94. The Morgan fingerprint density at radius 2 is 0.800 bits per heavy atom. The number of rotatable bonds is 17. The van der Waals surface area contributed by atoms with Crippen LogP contribution in [-0.4, -0.2) is 9.68 Å². The minimum atomic E-state index is -0.151. The molecule has 0 heterocycles. The largest absolute Gasteiger partial charge is 0.356 e. The van der Waals surface area contributed by atoms with Gasteiger partial charge in [0.1, 0.15) is 0 Å². The molecule has 0 atom stereocenters. The summed E-state index contributed by atoms with van der Waals surface area (Å²) < 4.78 is 0. The zero-order valence-electron chi connectivity index (χ0n) is 14.3. The summed E-state index contributed by atoms with van der Waals surface area (Å²) in [6.45, 7) is 2.29. The van der Waals surface area contributed by atoms with E-state index in [1.165, 1.54) is 109 Å². The van der Waals surface area contributed by atoms with E-state index in [0.29, 0.717) is 0 Å². The van der Waals surface area contributed by atoms with Crippen LogP contribution in [-0.2, 0) is 0 Å². The summed E-state index contributed by atoms with van der Waals surface area (Å²) in [5.74, 6) is 0. The first-order valence-electron chi connectivity index (χ1n) is 9.62. The van der Waals surface area contributed by atoms with Gasteiger partial charge in [0.25, 0.3) is 0 Å². The Hall–Kier alpha value is 0.177. The summed E-state index contributed by atoms with van der Waals surface area (Å²) >= 11 is 0.